The molecule has 2 unspecified atom stereocenters. The van der Waals surface area contributed by atoms with Gasteiger partial charge in [0.25, 0.3) is 11.9 Å². The lowest BCUT2D eigenvalue weighted by Crippen LogP contribution is -2.51. The number of carbonyl (C=O) groups is 1. The van der Waals surface area contributed by atoms with Crippen molar-refractivity contribution in [1.29, 1.82) is 0 Å². The number of benzene rings is 2. The molecule has 3 heterocycles. The lowest BCUT2D eigenvalue weighted by Gasteiger charge is -2.40. The van der Waals surface area contributed by atoms with E-state index < -0.39 is 5.82 Å². The molecular formula is C24H24ClFN6O2. The second-order valence-corrected chi connectivity index (χ2v) is 9.04. The number of piperidine rings is 1. The van der Waals surface area contributed by atoms with Gasteiger partial charge in [0, 0.05) is 24.2 Å². The quantitative estimate of drug-likeness (QED) is 0.437. The van der Waals surface area contributed by atoms with E-state index in [1.165, 1.54) is 17.2 Å². The lowest BCUT2D eigenvalue weighted by atomic mass is 9.89. The first-order valence-electron chi connectivity index (χ1n) is 11.2. The summed E-state index contributed by atoms with van der Waals surface area (Å²) in [7, 11) is 0. The molecule has 1 N–H and O–H groups in total. The number of anilines is 1. The summed E-state index contributed by atoms with van der Waals surface area (Å²) in [6.07, 6.45) is 4.79. The molecule has 1 fully saturated rings. The Morgan fingerprint density at radius 2 is 2.06 bits per heavy atom. The van der Waals surface area contributed by atoms with Gasteiger partial charge in [-0.15, -0.1) is 0 Å². The minimum Gasteiger partial charge on any atom is -0.424 e. The average Bonchev–Trinajstić information content (AvgIpc) is 3.49. The van der Waals surface area contributed by atoms with E-state index in [2.05, 4.69) is 27.4 Å². The van der Waals surface area contributed by atoms with E-state index in [0.717, 1.165) is 12.8 Å². The van der Waals surface area contributed by atoms with Crippen molar-refractivity contribution >= 4 is 34.6 Å². The monoisotopic (exact) mass is 482 g/mol. The molecule has 8 nitrogen and oxygen atoms in total. The van der Waals surface area contributed by atoms with Crippen LogP contribution in [0, 0.1) is 18.7 Å². The van der Waals surface area contributed by atoms with Gasteiger partial charge in [0.05, 0.1) is 18.4 Å². The largest absolute Gasteiger partial charge is 0.424 e. The van der Waals surface area contributed by atoms with Crippen LogP contribution in [0.5, 0.6) is 0 Å². The highest BCUT2D eigenvalue weighted by molar-refractivity contribution is 6.31. The minimum absolute atomic E-state index is 0.0215. The fourth-order valence-corrected chi connectivity index (χ4v) is 4.66. The number of fused-ring (bicyclic) bond motifs is 1. The number of aryl methyl sites for hydroxylation is 1. The molecule has 0 spiro atoms. The number of aromatic nitrogens is 4. The zero-order valence-corrected chi connectivity index (χ0v) is 19.6. The summed E-state index contributed by atoms with van der Waals surface area (Å²) < 4.78 is 21.1. The minimum atomic E-state index is -0.555. The second-order valence-electron chi connectivity index (χ2n) is 8.61. The van der Waals surface area contributed by atoms with Crippen molar-refractivity contribution in [2.75, 3.05) is 18.4 Å². The highest BCUT2D eigenvalue weighted by Gasteiger charge is 2.35. The van der Waals surface area contributed by atoms with Gasteiger partial charge in [0.2, 0.25) is 0 Å². The first-order valence-corrected chi connectivity index (χ1v) is 11.6. The van der Waals surface area contributed by atoms with E-state index >= 15 is 4.39 Å². The molecule has 5 rings (SSSR count). The van der Waals surface area contributed by atoms with Crippen LogP contribution in [0.2, 0.25) is 5.02 Å². The van der Waals surface area contributed by atoms with Gasteiger partial charge in [0.1, 0.15) is 22.6 Å². The molecule has 34 heavy (non-hydrogen) atoms. The van der Waals surface area contributed by atoms with Gasteiger partial charge in [0.15, 0.2) is 5.58 Å². The Bertz CT molecular complexity index is 1340. The number of rotatable bonds is 5. The summed E-state index contributed by atoms with van der Waals surface area (Å²) in [5, 5.41) is 12.0. The fraction of sp³-hybridized carbons (Fsp3) is 0.333. The standard InChI is InChI=1S/C24H24ClFN6O2/c1-14-4-3-11-31(19(14)13-27-24-30-17-7-6-16(25)12-20(17)34-24)23(33)21-18(32-28-9-10-29-32)8-5-15(2)22(21)26/h5-10,12,14,19H,3-4,11,13H2,1-2H3,(H,27,30). The fourth-order valence-electron chi connectivity index (χ4n) is 4.50. The molecule has 0 radical (unpaired) electrons. The molecule has 0 aliphatic carbocycles. The summed E-state index contributed by atoms with van der Waals surface area (Å²) in [6, 6.07) is 8.72. The Balaban J connectivity index is 1.44. The van der Waals surface area contributed by atoms with Gasteiger partial charge < -0.3 is 14.6 Å². The van der Waals surface area contributed by atoms with Crippen LogP contribution in [0.25, 0.3) is 16.8 Å². The molecule has 10 heteroatoms. The van der Waals surface area contributed by atoms with Crippen LogP contribution < -0.4 is 5.32 Å². The van der Waals surface area contributed by atoms with E-state index in [1.807, 2.05) is 0 Å². The predicted octanol–water partition coefficient (Wildman–Crippen LogP) is 4.86. The van der Waals surface area contributed by atoms with Gasteiger partial charge in [-0.05, 0) is 49.4 Å². The van der Waals surface area contributed by atoms with Crippen LogP contribution >= 0.6 is 11.6 Å². The van der Waals surface area contributed by atoms with Crippen LogP contribution in [0.3, 0.4) is 0 Å². The molecule has 0 bridgehead atoms. The van der Waals surface area contributed by atoms with E-state index in [0.29, 0.717) is 46.5 Å². The summed E-state index contributed by atoms with van der Waals surface area (Å²) in [5.74, 6) is -0.736. The summed E-state index contributed by atoms with van der Waals surface area (Å²) in [5.41, 5.74) is 1.96. The Labute approximate surface area is 200 Å². The highest BCUT2D eigenvalue weighted by atomic mass is 35.5. The van der Waals surface area contributed by atoms with Crippen molar-refractivity contribution < 1.29 is 13.6 Å². The molecule has 1 saturated heterocycles. The van der Waals surface area contributed by atoms with Crippen LogP contribution in [0.15, 0.2) is 47.1 Å². The molecule has 176 valence electrons. The summed E-state index contributed by atoms with van der Waals surface area (Å²) in [4.78, 5) is 21.2. The lowest BCUT2D eigenvalue weighted by molar-refractivity contribution is 0.0534. The van der Waals surface area contributed by atoms with E-state index in [1.54, 1.807) is 42.2 Å². The van der Waals surface area contributed by atoms with Crippen molar-refractivity contribution in [1.82, 2.24) is 24.9 Å². The van der Waals surface area contributed by atoms with Gasteiger partial charge in [-0.1, -0.05) is 24.6 Å². The Morgan fingerprint density at radius 1 is 1.26 bits per heavy atom. The number of likely N-dealkylation sites (tertiary alicyclic amines) is 1. The molecule has 2 atom stereocenters. The first-order chi connectivity index (χ1) is 16.4. The molecule has 1 aliphatic rings. The van der Waals surface area contributed by atoms with Crippen molar-refractivity contribution in [2.45, 2.75) is 32.7 Å². The van der Waals surface area contributed by atoms with Crippen LogP contribution in [-0.4, -0.2) is 49.9 Å². The Hall–Kier alpha value is -3.46. The number of hydrogen-bond acceptors (Lipinski definition) is 6. The molecule has 0 saturated carbocycles. The SMILES string of the molecule is Cc1ccc(-n2nccn2)c(C(=O)N2CCCC(C)C2CNc2nc3ccc(Cl)cc3o2)c1F. The topological polar surface area (TPSA) is 89.1 Å². The summed E-state index contributed by atoms with van der Waals surface area (Å²) >= 11 is 6.04. The molecule has 1 amide bonds. The second kappa shape index (κ2) is 9.06. The van der Waals surface area contributed by atoms with Crippen molar-refractivity contribution in [3.63, 3.8) is 0 Å². The van der Waals surface area contributed by atoms with Gasteiger partial charge in [-0.25, -0.2) is 4.39 Å². The molecule has 4 aromatic rings. The number of hydrogen-bond donors (Lipinski definition) is 1. The van der Waals surface area contributed by atoms with Crippen LogP contribution in [-0.2, 0) is 0 Å². The zero-order valence-electron chi connectivity index (χ0n) is 18.8. The number of carbonyl (C=O) groups excluding carboxylic acids is 1. The Morgan fingerprint density at radius 3 is 2.85 bits per heavy atom. The molecule has 2 aromatic heterocycles. The number of nitrogens with one attached hydrogen (secondary N) is 1. The maximum atomic E-state index is 15.3. The molecule has 1 aliphatic heterocycles. The zero-order chi connectivity index (χ0) is 23.8. The van der Waals surface area contributed by atoms with E-state index in [4.69, 9.17) is 16.0 Å². The predicted molar refractivity (Wildman–Crippen MR) is 127 cm³/mol. The number of halogens is 2. The van der Waals surface area contributed by atoms with Crippen LogP contribution in [0.1, 0.15) is 35.7 Å². The van der Waals surface area contributed by atoms with E-state index in [9.17, 15) is 4.79 Å². The summed E-state index contributed by atoms with van der Waals surface area (Å²) in [6.45, 7) is 4.68. The van der Waals surface area contributed by atoms with Crippen LogP contribution in [0.4, 0.5) is 10.4 Å². The van der Waals surface area contributed by atoms with Gasteiger partial charge in [-0.2, -0.15) is 20.0 Å². The average molecular weight is 483 g/mol. The first kappa shape index (κ1) is 22.3. The highest BCUT2D eigenvalue weighted by Crippen LogP contribution is 2.29. The normalized spacial score (nSPS) is 18.4. The van der Waals surface area contributed by atoms with E-state index in [-0.39, 0.29) is 23.4 Å². The number of nitrogens with zero attached hydrogens (tertiary/aromatic N) is 5. The number of oxazole rings is 1. The number of amides is 1. The maximum absolute atomic E-state index is 15.3. The Kier molecular flexibility index (Phi) is 5.95. The van der Waals surface area contributed by atoms with Crippen molar-refractivity contribution in [3.05, 3.63) is 64.7 Å². The molecule has 2 aromatic carbocycles. The van der Waals surface area contributed by atoms with Gasteiger partial charge >= 0.3 is 0 Å². The maximum Gasteiger partial charge on any atom is 0.295 e. The van der Waals surface area contributed by atoms with Crippen molar-refractivity contribution in [2.24, 2.45) is 5.92 Å². The van der Waals surface area contributed by atoms with Crippen molar-refractivity contribution in [3.8, 4) is 5.69 Å². The third-order valence-corrected chi connectivity index (χ3v) is 6.59. The molecular weight excluding hydrogens is 459 g/mol. The van der Waals surface area contributed by atoms with Gasteiger partial charge in [-0.3, -0.25) is 4.79 Å². The smallest absolute Gasteiger partial charge is 0.295 e. The third-order valence-electron chi connectivity index (χ3n) is 6.35. The third kappa shape index (κ3) is 4.11.